The van der Waals surface area contributed by atoms with Gasteiger partial charge in [0.05, 0.1) is 0 Å². The van der Waals surface area contributed by atoms with Crippen molar-refractivity contribution < 1.29 is 14.3 Å². The molecule has 1 aliphatic heterocycles. The number of hydrogen-bond donors (Lipinski definition) is 0. The normalized spacial score (nSPS) is 17.2. The van der Waals surface area contributed by atoms with Crippen molar-refractivity contribution >= 4 is 36.8 Å². The molecule has 174 valence electrons. The number of ether oxygens (including phenoxy) is 2. The van der Waals surface area contributed by atoms with Gasteiger partial charge in [0.15, 0.2) is 0 Å². The zero-order chi connectivity index (χ0) is 23.4. The summed E-state index contributed by atoms with van der Waals surface area (Å²) in [5, 5.41) is 2.61. The van der Waals surface area contributed by atoms with E-state index in [0.29, 0.717) is 0 Å². The molecule has 0 N–H and O–H groups in total. The van der Waals surface area contributed by atoms with Gasteiger partial charge in [-0.3, -0.25) is 0 Å². The van der Waals surface area contributed by atoms with Gasteiger partial charge in [-0.25, -0.2) is 0 Å². The summed E-state index contributed by atoms with van der Waals surface area (Å²) < 4.78 is 13.5. The second-order valence-corrected chi connectivity index (χ2v) is 13.2. The van der Waals surface area contributed by atoms with Gasteiger partial charge in [-0.15, -0.1) is 0 Å². The van der Waals surface area contributed by atoms with Crippen LogP contribution in [0.3, 0.4) is 0 Å². The Balaban J connectivity index is 1.34. The van der Waals surface area contributed by atoms with E-state index in [-0.39, 0.29) is 28.3 Å². The first-order chi connectivity index (χ1) is 15.8. The molecular weight excluding hydrogens is 475 g/mol. The maximum absolute atomic E-state index is 12.0. The Morgan fingerprint density at radius 2 is 2.06 bits per heavy atom. The fourth-order valence-corrected chi connectivity index (χ4v) is 7.66. The third kappa shape index (κ3) is 6.58. The van der Waals surface area contributed by atoms with E-state index in [1.807, 2.05) is 40.1 Å². The van der Waals surface area contributed by atoms with Gasteiger partial charge < -0.3 is 0 Å². The minimum absolute atomic E-state index is 0.0705. The number of hydrogen-bond acceptors (Lipinski definition) is 5. The molecule has 0 amide bonds. The van der Waals surface area contributed by atoms with Crippen LogP contribution in [0.2, 0.25) is 4.71 Å². The topological polar surface area (TPSA) is 51.7 Å². The number of likely N-dealkylation sites (tertiary alicyclic amines) is 1. The number of carbonyl (C=O) groups is 1. The van der Waals surface area contributed by atoms with E-state index in [1.165, 1.54) is 27.1 Å². The molecule has 2 heterocycles. The van der Waals surface area contributed by atoms with Crippen molar-refractivity contribution in [2.75, 3.05) is 19.7 Å². The summed E-state index contributed by atoms with van der Waals surface area (Å²) in [5.41, 5.74) is 1.74. The summed E-state index contributed by atoms with van der Waals surface area (Å²) in [6.07, 6.45) is 5.12. The molecule has 0 aliphatic carbocycles. The van der Waals surface area contributed by atoms with Crippen LogP contribution in [-0.2, 0) is 16.1 Å². The molecule has 0 spiro atoms. The molecule has 6 heteroatoms. The Kier molecular flexibility index (Phi) is 7.41. The SMILES string of the molecule is Cc1ccc(CN2CC[C@@H]([AsH]c3cccc4cnccc34)C2)cc1OCC(=O)OC(C)(C)C. The summed E-state index contributed by atoms with van der Waals surface area (Å²) in [6, 6.07) is 15.1. The molecule has 5 nitrogen and oxygen atoms in total. The molecule has 1 saturated heterocycles. The first-order valence-corrected chi connectivity index (χ1v) is 13.8. The molecule has 0 saturated carbocycles. The predicted molar refractivity (Wildman–Crippen MR) is 135 cm³/mol. The average molecular weight is 508 g/mol. The average Bonchev–Trinajstić information content (AvgIpc) is 3.20. The minimum Gasteiger partial charge on any atom is -0.0253 e. The number of benzene rings is 2. The van der Waals surface area contributed by atoms with E-state index in [2.05, 4.69) is 52.3 Å². The zero-order valence-corrected chi connectivity index (χ0v) is 22.0. The standard InChI is InChI=1S/C27H33AsN2O3/c1-19-8-9-20(14-25(19)32-18-26(31)33-27(2,3)4)16-30-13-11-22(17-30)28-24-7-5-6-21-15-29-12-10-23(21)24/h5-10,12,14-15,22,28H,11,13,16-18H2,1-4H3/t22-/m1/s1. The maximum atomic E-state index is 12.0. The van der Waals surface area contributed by atoms with Crippen molar-refractivity contribution in [3.63, 3.8) is 0 Å². The van der Waals surface area contributed by atoms with Gasteiger partial charge in [0.2, 0.25) is 0 Å². The van der Waals surface area contributed by atoms with Gasteiger partial charge >= 0.3 is 183 Å². The van der Waals surface area contributed by atoms with Crippen LogP contribution < -0.4 is 9.09 Å². The third-order valence-corrected chi connectivity index (χ3v) is 9.15. The summed E-state index contributed by atoms with van der Waals surface area (Å²) in [6.45, 7) is 10.7. The van der Waals surface area contributed by atoms with Crippen LogP contribution in [0.15, 0.2) is 54.9 Å². The van der Waals surface area contributed by atoms with Gasteiger partial charge in [-0.2, -0.15) is 0 Å². The molecule has 1 aliphatic rings. The number of fused-ring (bicyclic) bond motifs is 1. The Hall–Kier alpha value is -2.36. The molecule has 4 rings (SSSR count). The third-order valence-electron chi connectivity index (χ3n) is 5.74. The van der Waals surface area contributed by atoms with E-state index in [1.54, 1.807) is 0 Å². The molecule has 2 aromatic carbocycles. The quantitative estimate of drug-likeness (QED) is 0.357. The van der Waals surface area contributed by atoms with Crippen molar-refractivity contribution in [3.05, 3.63) is 66.0 Å². The van der Waals surface area contributed by atoms with Crippen LogP contribution in [0.25, 0.3) is 10.8 Å². The Labute approximate surface area is 203 Å². The molecule has 1 aromatic heterocycles. The van der Waals surface area contributed by atoms with Crippen LogP contribution >= 0.6 is 0 Å². The Bertz CT molecular complexity index is 1120. The van der Waals surface area contributed by atoms with Crippen molar-refractivity contribution in [3.8, 4) is 5.75 Å². The second kappa shape index (κ2) is 10.3. The number of rotatable bonds is 7. The van der Waals surface area contributed by atoms with Gasteiger partial charge in [0.25, 0.3) is 0 Å². The number of aryl methyl sites for hydroxylation is 1. The van der Waals surface area contributed by atoms with Crippen LogP contribution in [-0.4, -0.2) is 56.9 Å². The van der Waals surface area contributed by atoms with Crippen molar-refractivity contribution in [2.45, 2.75) is 51.0 Å². The summed E-state index contributed by atoms with van der Waals surface area (Å²) >= 11 is -0.223. The molecule has 0 bridgehead atoms. The van der Waals surface area contributed by atoms with Crippen LogP contribution in [0.1, 0.15) is 38.3 Å². The van der Waals surface area contributed by atoms with Crippen molar-refractivity contribution in [2.24, 2.45) is 0 Å². The zero-order valence-electron chi connectivity index (χ0n) is 19.9. The van der Waals surface area contributed by atoms with E-state index in [4.69, 9.17) is 9.47 Å². The number of pyridine rings is 1. The van der Waals surface area contributed by atoms with Gasteiger partial charge in [0.1, 0.15) is 0 Å². The monoisotopic (exact) mass is 508 g/mol. The summed E-state index contributed by atoms with van der Waals surface area (Å²) in [5.74, 6) is 0.412. The molecule has 1 unspecified atom stereocenters. The van der Waals surface area contributed by atoms with Gasteiger partial charge in [0, 0.05) is 0 Å². The molecular formula is C27H33AsN2O3. The molecule has 2 atom stereocenters. The summed E-state index contributed by atoms with van der Waals surface area (Å²) in [7, 11) is 0. The van der Waals surface area contributed by atoms with Gasteiger partial charge in [-0.05, 0) is 20.8 Å². The van der Waals surface area contributed by atoms with Crippen LogP contribution in [0, 0.1) is 6.92 Å². The first kappa shape index (κ1) is 23.8. The first-order valence-electron chi connectivity index (χ1n) is 11.5. The van der Waals surface area contributed by atoms with Crippen molar-refractivity contribution in [1.29, 1.82) is 0 Å². The number of esters is 1. The summed E-state index contributed by atoms with van der Waals surface area (Å²) in [4.78, 5) is 18.8. The minimum atomic E-state index is -0.504. The molecule has 1 fully saturated rings. The fraction of sp³-hybridized carbons (Fsp3) is 0.407. The molecule has 0 radical (unpaired) electrons. The smallest absolute Gasteiger partial charge is 0.0253 e. The van der Waals surface area contributed by atoms with E-state index >= 15 is 0 Å². The number of nitrogens with zero attached hydrogens (tertiary/aromatic N) is 2. The van der Waals surface area contributed by atoms with E-state index in [0.717, 1.165) is 35.7 Å². The Morgan fingerprint density at radius 3 is 2.88 bits per heavy atom. The fourth-order valence-electron chi connectivity index (χ4n) is 4.23. The molecule has 33 heavy (non-hydrogen) atoms. The van der Waals surface area contributed by atoms with E-state index < -0.39 is 5.60 Å². The Morgan fingerprint density at radius 1 is 1.21 bits per heavy atom. The number of aromatic nitrogens is 1. The number of carbonyl (C=O) groups excluding carboxylic acids is 1. The molecule has 3 aromatic rings. The second-order valence-electron chi connectivity index (χ2n) is 9.74. The van der Waals surface area contributed by atoms with E-state index in [9.17, 15) is 4.79 Å². The van der Waals surface area contributed by atoms with Crippen LogP contribution in [0.4, 0.5) is 0 Å². The van der Waals surface area contributed by atoms with Crippen molar-refractivity contribution in [1.82, 2.24) is 9.88 Å². The van der Waals surface area contributed by atoms with Crippen LogP contribution in [0.5, 0.6) is 5.75 Å². The predicted octanol–water partition coefficient (Wildman–Crippen LogP) is 4.02. The van der Waals surface area contributed by atoms with Gasteiger partial charge in [-0.1, -0.05) is 0 Å².